The zero-order chi connectivity index (χ0) is 12.8. The van der Waals surface area contributed by atoms with E-state index in [1.807, 2.05) is 13.0 Å². The average Bonchev–Trinajstić information content (AvgIpc) is 2.28. The quantitative estimate of drug-likeness (QED) is 0.807. The Morgan fingerprint density at radius 2 is 1.88 bits per heavy atom. The van der Waals surface area contributed by atoms with Crippen LogP contribution >= 0.6 is 0 Å². The molecule has 2 N–H and O–H groups in total. The molecule has 4 heteroatoms. The van der Waals surface area contributed by atoms with Gasteiger partial charge in [0.05, 0.1) is 0 Å². The maximum atomic E-state index is 5.63. The van der Waals surface area contributed by atoms with Crippen molar-refractivity contribution in [1.29, 1.82) is 0 Å². The molecule has 0 bridgehead atoms. The van der Waals surface area contributed by atoms with Gasteiger partial charge in [-0.1, -0.05) is 6.07 Å². The summed E-state index contributed by atoms with van der Waals surface area (Å²) in [6.45, 7) is 4.69. The van der Waals surface area contributed by atoms with Crippen molar-refractivity contribution in [2.24, 2.45) is 5.73 Å². The third kappa shape index (κ3) is 4.32. The van der Waals surface area contributed by atoms with Gasteiger partial charge < -0.3 is 15.5 Å². The number of hydrogen-bond donors (Lipinski definition) is 1. The maximum Gasteiger partial charge on any atom is 0.128 e. The Bertz CT molecular complexity index is 349. The van der Waals surface area contributed by atoms with Gasteiger partial charge in [-0.05, 0) is 45.6 Å². The number of rotatable bonds is 6. The summed E-state index contributed by atoms with van der Waals surface area (Å²) in [6.07, 6.45) is 1.14. The topological polar surface area (TPSA) is 45.4 Å². The van der Waals surface area contributed by atoms with Gasteiger partial charge in [0.15, 0.2) is 0 Å². The Kier molecular flexibility index (Phi) is 5.38. The van der Waals surface area contributed by atoms with Crippen molar-refractivity contribution in [3.05, 3.63) is 23.4 Å². The number of aryl methyl sites for hydroxylation is 1. The Labute approximate surface area is 104 Å². The highest BCUT2D eigenvalue weighted by atomic mass is 15.2. The second kappa shape index (κ2) is 6.57. The van der Waals surface area contributed by atoms with Crippen LogP contribution in [0.1, 0.15) is 17.7 Å². The van der Waals surface area contributed by atoms with Crippen LogP contribution in [-0.4, -0.2) is 44.1 Å². The molecule has 0 atom stereocenters. The molecule has 1 aromatic heterocycles. The van der Waals surface area contributed by atoms with Gasteiger partial charge in [-0.25, -0.2) is 4.98 Å². The minimum absolute atomic E-state index is 0.559. The highest BCUT2D eigenvalue weighted by Crippen LogP contribution is 2.13. The van der Waals surface area contributed by atoms with E-state index in [2.05, 4.69) is 42.0 Å². The molecule has 1 rings (SSSR count). The van der Waals surface area contributed by atoms with E-state index in [1.165, 1.54) is 0 Å². The molecule has 0 radical (unpaired) electrons. The first-order valence-electron chi connectivity index (χ1n) is 6.07. The normalized spacial score (nSPS) is 10.9. The summed E-state index contributed by atoms with van der Waals surface area (Å²) in [6, 6.07) is 4.12. The zero-order valence-corrected chi connectivity index (χ0v) is 11.4. The van der Waals surface area contributed by atoms with Gasteiger partial charge in [-0.3, -0.25) is 0 Å². The van der Waals surface area contributed by atoms with E-state index in [9.17, 15) is 0 Å². The second-order valence-corrected chi connectivity index (χ2v) is 4.70. The molecule has 1 aromatic rings. The molecule has 0 aliphatic rings. The molecular formula is C13H24N4. The van der Waals surface area contributed by atoms with Crippen LogP contribution in [0.4, 0.5) is 5.82 Å². The standard InChI is InChI=1S/C13H24N4/c1-11-12(10-14)6-7-13(15-11)17(4)9-5-8-16(2)3/h6-7H,5,8-10,14H2,1-4H3. The molecule has 96 valence electrons. The maximum absolute atomic E-state index is 5.63. The lowest BCUT2D eigenvalue weighted by atomic mass is 10.2. The third-order valence-corrected chi connectivity index (χ3v) is 2.89. The first kappa shape index (κ1) is 13.9. The van der Waals surface area contributed by atoms with Crippen LogP contribution in [0, 0.1) is 6.92 Å². The van der Waals surface area contributed by atoms with Crippen LogP contribution in [0.25, 0.3) is 0 Å². The Morgan fingerprint density at radius 1 is 1.18 bits per heavy atom. The van der Waals surface area contributed by atoms with Crippen molar-refractivity contribution >= 4 is 5.82 Å². The molecule has 0 aromatic carbocycles. The zero-order valence-electron chi connectivity index (χ0n) is 11.4. The summed E-state index contributed by atoms with van der Waals surface area (Å²) >= 11 is 0. The summed E-state index contributed by atoms with van der Waals surface area (Å²) in [5.74, 6) is 1.03. The Hall–Kier alpha value is -1.13. The molecule has 4 nitrogen and oxygen atoms in total. The van der Waals surface area contributed by atoms with E-state index in [1.54, 1.807) is 0 Å². The number of aromatic nitrogens is 1. The van der Waals surface area contributed by atoms with E-state index < -0.39 is 0 Å². The largest absolute Gasteiger partial charge is 0.360 e. The van der Waals surface area contributed by atoms with Gasteiger partial charge in [0.2, 0.25) is 0 Å². The van der Waals surface area contributed by atoms with Crippen molar-refractivity contribution in [1.82, 2.24) is 9.88 Å². The fraction of sp³-hybridized carbons (Fsp3) is 0.615. The molecule has 0 unspecified atom stereocenters. The first-order valence-corrected chi connectivity index (χ1v) is 6.07. The van der Waals surface area contributed by atoms with E-state index >= 15 is 0 Å². The highest BCUT2D eigenvalue weighted by Gasteiger charge is 2.05. The highest BCUT2D eigenvalue weighted by molar-refractivity contribution is 5.40. The molecule has 0 spiro atoms. The SMILES string of the molecule is Cc1nc(N(C)CCCN(C)C)ccc1CN. The summed E-state index contributed by atoms with van der Waals surface area (Å²) in [7, 11) is 6.27. The first-order chi connectivity index (χ1) is 8.04. The number of hydrogen-bond acceptors (Lipinski definition) is 4. The van der Waals surface area contributed by atoms with Crippen LogP contribution in [0.5, 0.6) is 0 Å². The van der Waals surface area contributed by atoms with Crippen molar-refractivity contribution in [2.45, 2.75) is 19.9 Å². The van der Waals surface area contributed by atoms with Crippen molar-refractivity contribution in [3.8, 4) is 0 Å². The van der Waals surface area contributed by atoms with Crippen molar-refractivity contribution < 1.29 is 0 Å². The predicted octanol–water partition coefficient (Wildman–Crippen LogP) is 1.24. The molecule has 0 saturated heterocycles. The van der Waals surface area contributed by atoms with Gasteiger partial charge in [0.25, 0.3) is 0 Å². The summed E-state index contributed by atoms with van der Waals surface area (Å²) in [5, 5.41) is 0. The second-order valence-electron chi connectivity index (χ2n) is 4.70. The Balaban J connectivity index is 2.57. The van der Waals surface area contributed by atoms with Gasteiger partial charge in [0.1, 0.15) is 5.82 Å². The molecule has 0 saturated carbocycles. The van der Waals surface area contributed by atoms with Crippen LogP contribution in [0.2, 0.25) is 0 Å². The number of nitrogens with zero attached hydrogens (tertiary/aromatic N) is 3. The third-order valence-electron chi connectivity index (χ3n) is 2.89. The van der Waals surface area contributed by atoms with Gasteiger partial charge in [-0.2, -0.15) is 0 Å². The minimum Gasteiger partial charge on any atom is -0.360 e. The lowest BCUT2D eigenvalue weighted by Gasteiger charge is -2.20. The van der Waals surface area contributed by atoms with Crippen LogP contribution in [-0.2, 0) is 6.54 Å². The lowest BCUT2D eigenvalue weighted by molar-refractivity contribution is 0.401. The van der Waals surface area contributed by atoms with Gasteiger partial charge >= 0.3 is 0 Å². The van der Waals surface area contributed by atoms with Gasteiger partial charge in [0, 0.05) is 25.8 Å². The molecule has 17 heavy (non-hydrogen) atoms. The van der Waals surface area contributed by atoms with E-state index in [0.717, 1.165) is 36.6 Å². The number of nitrogens with two attached hydrogens (primary N) is 1. The summed E-state index contributed by atoms with van der Waals surface area (Å²) in [5.41, 5.74) is 7.78. The average molecular weight is 236 g/mol. The molecular weight excluding hydrogens is 212 g/mol. The van der Waals surface area contributed by atoms with E-state index in [-0.39, 0.29) is 0 Å². The number of pyridine rings is 1. The smallest absolute Gasteiger partial charge is 0.128 e. The monoisotopic (exact) mass is 236 g/mol. The summed E-state index contributed by atoms with van der Waals surface area (Å²) in [4.78, 5) is 8.96. The van der Waals surface area contributed by atoms with Crippen molar-refractivity contribution in [2.75, 3.05) is 39.1 Å². The van der Waals surface area contributed by atoms with Crippen LogP contribution in [0.15, 0.2) is 12.1 Å². The lowest BCUT2D eigenvalue weighted by Crippen LogP contribution is -2.24. The van der Waals surface area contributed by atoms with Crippen LogP contribution in [0.3, 0.4) is 0 Å². The molecule has 0 amide bonds. The molecule has 0 aliphatic carbocycles. The fourth-order valence-electron chi connectivity index (χ4n) is 1.74. The van der Waals surface area contributed by atoms with Gasteiger partial charge in [-0.15, -0.1) is 0 Å². The fourth-order valence-corrected chi connectivity index (χ4v) is 1.74. The molecule has 0 aliphatic heterocycles. The van der Waals surface area contributed by atoms with Crippen molar-refractivity contribution in [3.63, 3.8) is 0 Å². The minimum atomic E-state index is 0.559. The molecule has 0 fully saturated rings. The predicted molar refractivity (Wildman–Crippen MR) is 73.3 cm³/mol. The Morgan fingerprint density at radius 3 is 2.41 bits per heavy atom. The molecule has 1 heterocycles. The van der Waals surface area contributed by atoms with Crippen LogP contribution < -0.4 is 10.6 Å². The van der Waals surface area contributed by atoms with E-state index in [4.69, 9.17) is 5.73 Å². The summed E-state index contributed by atoms with van der Waals surface area (Å²) < 4.78 is 0. The van der Waals surface area contributed by atoms with E-state index in [0.29, 0.717) is 6.54 Å². The number of anilines is 1.